The van der Waals surface area contributed by atoms with Crippen LogP contribution in [0.3, 0.4) is 0 Å². The molecule has 106 valence electrons. The normalized spacial score (nSPS) is 13.9. The van der Waals surface area contributed by atoms with E-state index >= 15 is 0 Å². The average molecular weight is 267 g/mol. The largest absolute Gasteiger partial charge is 0.372 e. The number of carbonyl (C=O) groups is 1. The number of halogens is 1. The van der Waals surface area contributed by atoms with Crippen molar-refractivity contribution in [3.8, 4) is 0 Å². The van der Waals surface area contributed by atoms with E-state index in [1.165, 1.54) is 6.07 Å². The Morgan fingerprint density at radius 2 is 2.11 bits per heavy atom. The number of nitrogens with zero attached hydrogens (tertiary/aromatic N) is 1. The van der Waals surface area contributed by atoms with Crippen molar-refractivity contribution >= 4 is 11.6 Å². The van der Waals surface area contributed by atoms with E-state index in [4.69, 9.17) is 5.73 Å². The Hall–Kier alpha value is -1.62. The summed E-state index contributed by atoms with van der Waals surface area (Å²) in [4.78, 5) is 13.2. The minimum absolute atomic E-state index is 0.240. The molecule has 5 heteroatoms. The summed E-state index contributed by atoms with van der Waals surface area (Å²) >= 11 is 0. The molecule has 1 rings (SSSR count). The van der Waals surface area contributed by atoms with Gasteiger partial charge in [-0.1, -0.05) is 12.1 Å². The standard InChI is InChI=1S/C14H22FN3O/c1-14(17-2,13(16)19)9-6-10-18(3)12-8-5-4-7-11(12)15/h4-5,7-8,17H,6,9-10H2,1-3H3,(H2,16,19). The molecule has 0 radical (unpaired) electrons. The predicted octanol–water partition coefficient (Wildman–Crippen LogP) is 1.51. The second-order valence-corrected chi connectivity index (χ2v) is 4.92. The van der Waals surface area contributed by atoms with Crippen LogP contribution in [-0.2, 0) is 4.79 Å². The third kappa shape index (κ3) is 3.92. The lowest BCUT2D eigenvalue weighted by Gasteiger charge is -2.27. The van der Waals surface area contributed by atoms with Crippen LogP contribution in [0.15, 0.2) is 24.3 Å². The highest BCUT2D eigenvalue weighted by Crippen LogP contribution is 2.18. The van der Waals surface area contributed by atoms with Crippen LogP contribution in [0, 0.1) is 5.82 Å². The molecule has 0 spiro atoms. The smallest absolute Gasteiger partial charge is 0.237 e. The van der Waals surface area contributed by atoms with Crippen LogP contribution in [0.2, 0.25) is 0 Å². The first-order valence-electron chi connectivity index (χ1n) is 6.35. The number of primary amides is 1. The molecular weight excluding hydrogens is 245 g/mol. The van der Waals surface area contributed by atoms with Gasteiger partial charge in [0, 0.05) is 13.6 Å². The summed E-state index contributed by atoms with van der Waals surface area (Å²) in [5.41, 5.74) is 5.21. The maximum Gasteiger partial charge on any atom is 0.237 e. The minimum Gasteiger partial charge on any atom is -0.372 e. The van der Waals surface area contributed by atoms with Gasteiger partial charge in [-0.3, -0.25) is 4.79 Å². The summed E-state index contributed by atoms with van der Waals surface area (Å²) in [6.45, 7) is 2.43. The van der Waals surface area contributed by atoms with E-state index in [0.717, 1.165) is 6.42 Å². The summed E-state index contributed by atoms with van der Waals surface area (Å²) in [6.07, 6.45) is 1.35. The van der Waals surface area contributed by atoms with Gasteiger partial charge in [-0.15, -0.1) is 0 Å². The Bertz CT molecular complexity index is 438. The fraction of sp³-hybridized carbons (Fsp3) is 0.500. The van der Waals surface area contributed by atoms with Crippen molar-refractivity contribution in [3.05, 3.63) is 30.1 Å². The van der Waals surface area contributed by atoms with Gasteiger partial charge >= 0.3 is 0 Å². The molecule has 4 nitrogen and oxygen atoms in total. The second-order valence-electron chi connectivity index (χ2n) is 4.92. The Balaban J connectivity index is 2.54. The Labute approximate surface area is 113 Å². The van der Waals surface area contributed by atoms with Gasteiger partial charge in [-0.2, -0.15) is 0 Å². The van der Waals surface area contributed by atoms with Crippen molar-refractivity contribution in [3.63, 3.8) is 0 Å². The molecule has 1 aromatic rings. The van der Waals surface area contributed by atoms with Crippen molar-refractivity contribution in [1.82, 2.24) is 5.32 Å². The maximum atomic E-state index is 13.6. The number of nitrogens with one attached hydrogen (secondary N) is 1. The number of carbonyl (C=O) groups excluding carboxylic acids is 1. The van der Waals surface area contributed by atoms with Gasteiger partial charge in [0.25, 0.3) is 0 Å². The Morgan fingerprint density at radius 1 is 1.47 bits per heavy atom. The first-order chi connectivity index (χ1) is 8.90. The zero-order chi connectivity index (χ0) is 14.5. The molecule has 3 N–H and O–H groups in total. The van der Waals surface area contributed by atoms with E-state index in [-0.39, 0.29) is 11.7 Å². The molecule has 19 heavy (non-hydrogen) atoms. The van der Waals surface area contributed by atoms with Gasteiger partial charge in [0.2, 0.25) is 5.91 Å². The molecule has 1 amide bonds. The summed E-state index contributed by atoms with van der Waals surface area (Å²) in [7, 11) is 3.55. The SMILES string of the molecule is CNC(C)(CCCN(C)c1ccccc1F)C(N)=O. The lowest BCUT2D eigenvalue weighted by molar-refractivity contribution is -0.123. The van der Waals surface area contributed by atoms with E-state index in [2.05, 4.69) is 5.32 Å². The monoisotopic (exact) mass is 267 g/mol. The van der Waals surface area contributed by atoms with Crippen molar-refractivity contribution < 1.29 is 9.18 Å². The molecular formula is C14H22FN3O. The fourth-order valence-corrected chi connectivity index (χ4v) is 1.92. The maximum absolute atomic E-state index is 13.6. The van der Waals surface area contributed by atoms with E-state index in [0.29, 0.717) is 18.7 Å². The van der Waals surface area contributed by atoms with Crippen LogP contribution in [0.5, 0.6) is 0 Å². The molecule has 0 aliphatic heterocycles. The number of benzene rings is 1. The van der Waals surface area contributed by atoms with Crippen LogP contribution in [0.4, 0.5) is 10.1 Å². The molecule has 0 heterocycles. The van der Waals surface area contributed by atoms with E-state index in [1.54, 1.807) is 32.2 Å². The van der Waals surface area contributed by atoms with Crippen LogP contribution < -0.4 is 16.0 Å². The van der Waals surface area contributed by atoms with Crippen molar-refractivity contribution in [2.75, 3.05) is 25.5 Å². The zero-order valence-corrected chi connectivity index (χ0v) is 11.7. The average Bonchev–Trinajstić information content (AvgIpc) is 2.38. The summed E-state index contributed by atoms with van der Waals surface area (Å²) in [5.74, 6) is -0.611. The second kappa shape index (κ2) is 6.52. The molecule has 0 aliphatic carbocycles. The van der Waals surface area contributed by atoms with E-state index in [9.17, 15) is 9.18 Å². The molecule has 0 aromatic heterocycles. The first kappa shape index (κ1) is 15.4. The number of nitrogens with two attached hydrogens (primary N) is 1. The Morgan fingerprint density at radius 3 is 2.63 bits per heavy atom. The van der Waals surface area contributed by atoms with Crippen LogP contribution in [-0.4, -0.2) is 32.1 Å². The molecule has 0 fully saturated rings. The number of para-hydroxylation sites is 1. The number of likely N-dealkylation sites (N-methyl/N-ethyl adjacent to an activating group) is 1. The molecule has 1 aromatic carbocycles. The molecule has 0 saturated carbocycles. The third-order valence-electron chi connectivity index (χ3n) is 3.53. The number of hydrogen-bond donors (Lipinski definition) is 2. The van der Waals surface area contributed by atoms with Gasteiger partial charge < -0.3 is 16.0 Å². The first-order valence-corrected chi connectivity index (χ1v) is 6.35. The zero-order valence-electron chi connectivity index (χ0n) is 11.7. The van der Waals surface area contributed by atoms with Gasteiger partial charge in [-0.25, -0.2) is 4.39 Å². The highest BCUT2D eigenvalue weighted by atomic mass is 19.1. The number of anilines is 1. The van der Waals surface area contributed by atoms with Crippen molar-refractivity contribution in [2.45, 2.75) is 25.3 Å². The molecule has 1 atom stereocenters. The van der Waals surface area contributed by atoms with Crippen molar-refractivity contribution in [2.24, 2.45) is 5.73 Å². The highest BCUT2D eigenvalue weighted by Gasteiger charge is 2.28. The summed E-state index contributed by atoms with van der Waals surface area (Å²) in [6, 6.07) is 6.64. The lowest BCUT2D eigenvalue weighted by atomic mass is 9.95. The minimum atomic E-state index is -0.712. The summed E-state index contributed by atoms with van der Waals surface area (Å²) < 4.78 is 13.6. The van der Waals surface area contributed by atoms with Gasteiger partial charge in [0.1, 0.15) is 5.82 Å². The number of hydrogen-bond acceptors (Lipinski definition) is 3. The summed E-state index contributed by atoms with van der Waals surface area (Å²) in [5, 5.41) is 2.94. The lowest BCUT2D eigenvalue weighted by Crippen LogP contribution is -2.51. The van der Waals surface area contributed by atoms with Gasteiger partial charge in [-0.05, 0) is 38.9 Å². The third-order valence-corrected chi connectivity index (χ3v) is 3.53. The Kier molecular flexibility index (Phi) is 5.30. The van der Waals surface area contributed by atoms with Crippen LogP contribution in [0.1, 0.15) is 19.8 Å². The van der Waals surface area contributed by atoms with Crippen molar-refractivity contribution in [1.29, 1.82) is 0 Å². The van der Waals surface area contributed by atoms with Gasteiger partial charge in [0.05, 0.1) is 11.2 Å². The molecule has 1 unspecified atom stereocenters. The molecule has 0 aliphatic rings. The molecule has 0 saturated heterocycles. The quantitative estimate of drug-likeness (QED) is 0.787. The van der Waals surface area contributed by atoms with E-state index < -0.39 is 5.54 Å². The highest BCUT2D eigenvalue weighted by molar-refractivity contribution is 5.84. The number of rotatable bonds is 7. The fourth-order valence-electron chi connectivity index (χ4n) is 1.92. The topological polar surface area (TPSA) is 58.4 Å². The van der Waals surface area contributed by atoms with Crippen LogP contribution >= 0.6 is 0 Å². The number of amides is 1. The predicted molar refractivity (Wildman–Crippen MR) is 75.6 cm³/mol. The van der Waals surface area contributed by atoms with Gasteiger partial charge in [0.15, 0.2) is 0 Å². The van der Waals surface area contributed by atoms with E-state index in [1.807, 2.05) is 11.9 Å². The van der Waals surface area contributed by atoms with Crippen LogP contribution in [0.25, 0.3) is 0 Å². The molecule has 0 bridgehead atoms.